The summed E-state index contributed by atoms with van der Waals surface area (Å²) >= 11 is 0. The monoisotopic (exact) mass is 529 g/mol. The quantitative estimate of drug-likeness (QED) is 0.254. The molecule has 0 aliphatic heterocycles. The number of para-hydroxylation sites is 1. The third kappa shape index (κ3) is 7.08. The summed E-state index contributed by atoms with van der Waals surface area (Å²) in [5.41, 5.74) is 4.67. The Labute approximate surface area is 227 Å². The van der Waals surface area contributed by atoms with E-state index in [-0.39, 0.29) is 18.4 Å². The molecule has 0 saturated heterocycles. The number of hydrogen-bond donors (Lipinski definition) is 2. The van der Waals surface area contributed by atoms with Crippen LogP contribution in [0.1, 0.15) is 17.5 Å². The van der Waals surface area contributed by atoms with Gasteiger partial charge in [-0.15, -0.1) is 0 Å². The van der Waals surface area contributed by atoms with Crippen molar-refractivity contribution in [3.8, 4) is 16.9 Å². The largest absolute Gasteiger partial charge is 0.385 e. The van der Waals surface area contributed by atoms with Crippen molar-refractivity contribution in [3.63, 3.8) is 0 Å². The van der Waals surface area contributed by atoms with Crippen molar-refractivity contribution in [2.24, 2.45) is 0 Å². The van der Waals surface area contributed by atoms with Crippen molar-refractivity contribution < 1.29 is 18.7 Å². The van der Waals surface area contributed by atoms with Gasteiger partial charge < -0.3 is 20.3 Å². The van der Waals surface area contributed by atoms with E-state index in [2.05, 4.69) is 15.7 Å². The summed E-state index contributed by atoms with van der Waals surface area (Å²) in [5.74, 6) is -0.370. The van der Waals surface area contributed by atoms with Gasteiger partial charge in [-0.3, -0.25) is 4.79 Å². The average molecular weight is 530 g/mol. The molecule has 8 nitrogen and oxygen atoms in total. The molecule has 4 aromatic rings. The highest BCUT2D eigenvalue weighted by atomic mass is 19.1. The first-order valence-electron chi connectivity index (χ1n) is 12.7. The second kappa shape index (κ2) is 12.8. The van der Waals surface area contributed by atoms with Gasteiger partial charge in [0.15, 0.2) is 0 Å². The Morgan fingerprint density at radius 1 is 0.949 bits per heavy atom. The number of aromatic nitrogens is 2. The van der Waals surface area contributed by atoms with E-state index < -0.39 is 5.91 Å². The lowest BCUT2D eigenvalue weighted by atomic mass is 10.1. The van der Waals surface area contributed by atoms with E-state index in [9.17, 15) is 14.0 Å². The zero-order chi connectivity index (χ0) is 27.8. The summed E-state index contributed by atoms with van der Waals surface area (Å²) in [5, 5.41) is 10.5. The highest BCUT2D eigenvalue weighted by molar-refractivity contribution is 5.97. The van der Waals surface area contributed by atoms with Gasteiger partial charge in [-0.05, 0) is 55.7 Å². The molecule has 0 spiro atoms. The van der Waals surface area contributed by atoms with Gasteiger partial charge in [0.1, 0.15) is 18.2 Å². The summed E-state index contributed by atoms with van der Waals surface area (Å²) in [7, 11) is 1.59. The van der Waals surface area contributed by atoms with Crippen molar-refractivity contribution in [2.45, 2.75) is 20.3 Å². The number of ether oxygens (including phenoxy) is 1. The number of hydrogen-bond acceptors (Lipinski definition) is 4. The fourth-order valence-corrected chi connectivity index (χ4v) is 4.20. The molecule has 3 amide bonds. The molecular formula is C30H32FN5O3. The molecular weight excluding hydrogens is 497 g/mol. The van der Waals surface area contributed by atoms with Crippen LogP contribution in [0.25, 0.3) is 16.9 Å². The number of nitrogens with one attached hydrogen (secondary N) is 2. The maximum absolute atomic E-state index is 13.6. The highest BCUT2D eigenvalue weighted by Gasteiger charge is 2.21. The first-order chi connectivity index (χ1) is 18.9. The second-order valence-electron chi connectivity index (χ2n) is 9.18. The van der Waals surface area contributed by atoms with Crippen LogP contribution in [0.5, 0.6) is 0 Å². The minimum Gasteiger partial charge on any atom is -0.385 e. The predicted molar refractivity (Wildman–Crippen MR) is 151 cm³/mol. The van der Waals surface area contributed by atoms with Crippen molar-refractivity contribution in [2.75, 3.05) is 37.4 Å². The van der Waals surface area contributed by atoms with Gasteiger partial charge in [0.2, 0.25) is 5.91 Å². The van der Waals surface area contributed by atoms with Gasteiger partial charge in [-0.2, -0.15) is 5.10 Å². The van der Waals surface area contributed by atoms with E-state index in [1.807, 2.05) is 62.4 Å². The first kappa shape index (κ1) is 27.5. The van der Waals surface area contributed by atoms with E-state index in [0.29, 0.717) is 36.8 Å². The fourth-order valence-electron chi connectivity index (χ4n) is 4.20. The lowest BCUT2D eigenvalue weighted by molar-refractivity contribution is -0.116. The van der Waals surface area contributed by atoms with Crippen LogP contribution < -0.4 is 10.6 Å². The summed E-state index contributed by atoms with van der Waals surface area (Å²) in [6, 6.07) is 22.5. The molecule has 202 valence electrons. The molecule has 2 N–H and O–H groups in total. The number of methoxy groups -OCH3 is 1. The zero-order valence-electron chi connectivity index (χ0n) is 22.3. The van der Waals surface area contributed by atoms with Gasteiger partial charge in [0.25, 0.3) is 0 Å². The maximum Gasteiger partial charge on any atom is 0.322 e. The average Bonchev–Trinajstić information content (AvgIpc) is 3.34. The van der Waals surface area contributed by atoms with Crippen molar-refractivity contribution in [3.05, 3.63) is 95.8 Å². The number of aryl methyl sites for hydroxylation is 2. The smallest absolute Gasteiger partial charge is 0.322 e. The number of amides is 3. The highest BCUT2D eigenvalue weighted by Crippen LogP contribution is 2.25. The Kier molecular flexibility index (Phi) is 9.06. The molecule has 1 aromatic heterocycles. The minimum absolute atomic E-state index is 0.185. The van der Waals surface area contributed by atoms with Crippen molar-refractivity contribution in [1.82, 2.24) is 14.7 Å². The Balaban J connectivity index is 1.57. The van der Waals surface area contributed by atoms with Gasteiger partial charge in [-0.25, -0.2) is 13.9 Å². The van der Waals surface area contributed by atoms with Crippen LogP contribution in [0.3, 0.4) is 0 Å². The molecule has 9 heteroatoms. The molecule has 0 saturated carbocycles. The van der Waals surface area contributed by atoms with Crippen LogP contribution >= 0.6 is 0 Å². The van der Waals surface area contributed by atoms with Crippen molar-refractivity contribution in [1.29, 1.82) is 0 Å². The van der Waals surface area contributed by atoms with Crippen LogP contribution in [0.4, 0.5) is 20.7 Å². The standard InChI is InChI=1S/C30H32FN5O3/c1-21-9-7-10-22(2)29(21)33-30(38)35(17-8-18-39-3)20-28(37)32-27-19-26(23-11-5-4-6-12-23)34-36(27)25-15-13-24(31)14-16-25/h4-7,9-16,19H,8,17-18,20H2,1-3H3,(H,32,37)(H,33,38). The minimum atomic E-state index is -0.396. The van der Waals surface area contributed by atoms with E-state index in [1.165, 1.54) is 17.0 Å². The van der Waals surface area contributed by atoms with E-state index >= 15 is 0 Å². The van der Waals surface area contributed by atoms with Crippen LogP contribution in [0.15, 0.2) is 78.9 Å². The number of nitrogens with zero attached hydrogens (tertiary/aromatic N) is 3. The van der Waals surface area contributed by atoms with Crippen molar-refractivity contribution >= 4 is 23.4 Å². The van der Waals surface area contributed by atoms with Gasteiger partial charge in [0, 0.05) is 37.6 Å². The van der Waals surface area contributed by atoms with E-state index in [4.69, 9.17) is 4.74 Å². The number of halogens is 1. The van der Waals surface area contributed by atoms with E-state index in [1.54, 1.807) is 30.0 Å². The summed E-state index contributed by atoms with van der Waals surface area (Å²) < 4.78 is 20.3. The Hall–Kier alpha value is -4.50. The Morgan fingerprint density at radius 3 is 2.31 bits per heavy atom. The lowest BCUT2D eigenvalue weighted by Gasteiger charge is -2.24. The summed E-state index contributed by atoms with van der Waals surface area (Å²) in [6.07, 6.45) is 0.565. The number of anilines is 2. The number of rotatable bonds is 10. The Morgan fingerprint density at radius 2 is 1.64 bits per heavy atom. The van der Waals surface area contributed by atoms with E-state index in [0.717, 1.165) is 22.4 Å². The first-order valence-corrected chi connectivity index (χ1v) is 12.7. The molecule has 4 rings (SSSR count). The molecule has 0 fully saturated rings. The lowest BCUT2D eigenvalue weighted by Crippen LogP contribution is -2.41. The van der Waals surface area contributed by atoms with Gasteiger partial charge in [0.05, 0.1) is 11.4 Å². The normalized spacial score (nSPS) is 10.8. The maximum atomic E-state index is 13.6. The van der Waals surface area contributed by atoms with Crippen LogP contribution in [-0.2, 0) is 9.53 Å². The fraction of sp³-hybridized carbons (Fsp3) is 0.233. The molecule has 0 aliphatic rings. The van der Waals surface area contributed by atoms with Crippen LogP contribution in [0.2, 0.25) is 0 Å². The molecule has 1 heterocycles. The zero-order valence-corrected chi connectivity index (χ0v) is 22.3. The molecule has 0 aliphatic carbocycles. The summed E-state index contributed by atoms with van der Waals surface area (Å²) in [6.45, 7) is 4.43. The molecule has 0 atom stereocenters. The number of carbonyl (C=O) groups excluding carboxylic acids is 2. The Bertz CT molecular complexity index is 1400. The topological polar surface area (TPSA) is 88.5 Å². The van der Waals surface area contributed by atoms with Gasteiger partial charge in [-0.1, -0.05) is 48.5 Å². The molecule has 39 heavy (non-hydrogen) atoms. The molecule has 0 bridgehead atoms. The number of benzene rings is 3. The SMILES string of the molecule is COCCCN(CC(=O)Nc1cc(-c2ccccc2)nn1-c1ccc(F)cc1)C(=O)Nc1c(C)cccc1C. The molecule has 0 radical (unpaired) electrons. The van der Waals surface area contributed by atoms with Crippen LogP contribution in [-0.4, -0.2) is 53.4 Å². The van der Waals surface area contributed by atoms with Crippen LogP contribution in [0, 0.1) is 19.7 Å². The molecule has 3 aromatic carbocycles. The molecule has 0 unspecified atom stereocenters. The third-order valence-corrected chi connectivity index (χ3v) is 6.23. The summed E-state index contributed by atoms with van der Waals surface area (Å²) in [4.78, 5) is 28.0. The number of urea groups is 1. The second-order valence-corrected chi connectivity index (χ2v) is 9.18. The predicted octanol–water partition coefficient (Wildman–Crippen LogP) is 5.80. The number of carbonyl (C=O) groups is 2. The van der Waals surface area contributed by atoms with Gasteiger partial charge >= 0.3 is 6.03 Å². The third-order valence-electron chi connectivity index (χ3n) is 6.23.